The average molecular weight is 310 g/mol. The first kappa shape index (κ1) is 16.9. The molecule has 2 N–H and O–H groups in total. The predicted molar refractivity (Wildman–Crippen MR) is 82.3 cm³/mol. The highest BCUT2D eigenvalue weighted by atomic mass is 19.1. The second-order valence-electron chi connectivity index (χ2n) is 7.00. The van der Waals surface area contributed by atoms with Crippen LogP contribution in [0.1, 0.15) is 45.2 Å². The van der Waals surface area contributed by atoms with Gasteiger partial charge in [0.25, 0.3) is 0 Å². The van der Waals surface area contributed by atoms with E-state index in [1.807, 2.05) is 20.8 Å². The molecule has 5 heteroatoms. The van der Waals surface area contributed by atoms with Crippen LogP contribution in [-0.2, 0) is 4.79 Å². The Morgan fingerprint density at radius 3 is 2.45 bits per heavy atom. The third-order valence-electron chi connectivity index (χ3n) is 4.14. The lowest BCUT2D eigenvalue weighted by Gasteiger charge is -2.34. The number of piperidine rings is 1. The summed E-state index contributed by atoms with van der Waals surface area (Å²) in [5, 5.41) is 6.19. The number of carbonyl (C=O) groups is 1. The molecule has 1 heterocycles. The highest BCUT2D eigenvalue weighted by Crippen LogP contribution is 2.34. The predicted octanol–water partition coefficient (Wildman–Crippen LogP) is 3.17. The van der Waals surface area contributed by atoms with E-state index >= 15 is 0 Å². The zero-order valence-corrected chi connectivity index (χ0v) is 13.4. The van der Waals surface area contributed by atoms with Crippen molar-refractivity contribution < 1.29 is 13.6 Å². The normalized spacial score (nSPS) is 18.0. The Hall–Kier alpha value is -1.49. The van der Waals surface area contributed by atoms with Crippen LogP contribution in [0.25, 0.3) is 0 Å². The molecule has 1 saturated heterocycles. The van der Waals surface area contributed by atoms with Crippen LogP contribution in [0.4, 0.5) is 8.78 Å². The zero-order valence-electron chi connectivity index (χ0n) is 13.4. The van der Waals surface area contributed by atoms with Crippen molar-refractivity contribution in [2.24, 2.45) is 11.3 Å². The molecule has 2 rings (SSSR count). The molecule has 0 aromatic heterocycles. The Morgan fingerprint density at radius 1 is 1.27 bits per heavy atom. The van der Waals surface area contributed by atoms with Gasteiger partial charge in [0.15, 0.2) is 0 Å². The summed E-state index contributed by atoms with van der Waals surface area (Å²) < 4.78 is 27.2. The van der Waals surface area contributed by atoms with Gasteiger partial charge in [0, 0.05) is 17.5 Å². The first-order chi connectivity index (χ1) is 10.3. The smallest absolute Gasteiger partial charge is 0.223 e. The van der Waals surface area contributed by atoms with Gasteiger partial charge in [-0.2, -0.15) is 0 Å². The number of amides is 1. The van der Waals surface area contributed by atoms with E-state index < -0.39 is 17.7 Å². The van der Waals surface area contributed by atoms with Gasteiger partial charge in [-0.05, 0) is 37.4 Å². The third-order valence-corrected chi connectivity index (χ3v) is 4.14. The lowest BCUT2D eigenvalue weighted by Crippen LogP contribution is -2.43. The quantitative estimate of drug-likeness (QED) is 0.900. The van der Waals surface area contributed by atoms with E-state index in [0.29, 0.717) is 5.56 Å². The van der Waals surface area contributed by atoms with Crippen LogP contribution in [-0.4, -0.2) is 19.0 Å². The minimum atomic E-state index is -0.620. The fourth-order valence-electron chi connectivity index (χ4n) is 2.84. The van der Waals surface area contributed by atoms with Gasteiger partial charge in [0.1, 0.15) is 11.6 Å². The summed E-state index contributed by atoms with van der Waals surface area (Å²) in [6.45, 7) is 7.45. The van der Waals surface area contributed by atoms with E-state index in [-0.39, 0.29) is 17.2 Å². The van der Waals surface area contributed by atoms with E-state index in [9.17, 15) is 13.6 Å². The van der Waals surface area contributed by atoms with Crippen LogP contribution in [0, 0.1) is 23.0 Å². The highest BCUT2D eigenvalue weighted by Gasteiger charge is 2.32. The summed E-state index contributed by atoms with van der Waals surface area (Å²) in [6.07, 6.45) is 1.57. The molecule has 1 fully saturated rings. The van der Waals surface area contributed by atoms with Crippen LogP contribution in [0.3, 0.4) is 0 Å². The molecular weight excluding hydrogens is 286 g/mol. The van der Waals surface area contributed by atoms with E-state index in [1.165, 1.54) is 12.1 Å². The maximum atomic E-state index is 14.1. The fraction of sp³-hybridized carbons (Fsp3) is 0.588. The van der Waals surface area contributed by atoms with Gasteiger partial charge < -0.3 is 10.6 Å². The molecule has 0 bridgehead atoms. The Labute approximate surface area is 130 Å². The van der Waals surface area contributed by atoms with Gasteiger partial charge in [-0.3, -0.25) is 4.79 Å². The van der Waals surface area contributed by atoms with Gasteiger partial charge in [0.2, 0.25) is 5.91 Å². The molecule has 0 aliphatic carbocycles. The fourth-order valence-corrected chi connectivity index (χ4v) is 2.84. The Morgan fingerprint density at radius 2 is 1.91 bits per heavy atom. The minimum Gasteiger partial charge on any atom is -0.348 e. The van der Waals surface area contributed by atoms with Gasteiger partial charge in [-0.1, -0.05) is 26.8 Å². The van der Waals surface area contributed by atoms with Crippen LogP contribution < -0.4 is 10.6 Å². The van der Waals surface area contributed by atoms with Crippen LogP contribution in [0.2, 0.25) is 0 Å². The Kier molecular flexibility index (Phi) is 5.16. The van der Waals surface area contributed by atoms with Crippen molar-refractivity contribution in [2.45, 2.75) is 39.7 Å². The van der Waals surface area contributed by atoms with E-state index in [2.05, 4.69) is 10.6 Å². The number of rotatable bonds is 3. The standard InChI is InChI=1S/C17H24F2N2O/c1-17(2,3)15(13-5-4-12(18)10-14(13)19)21-16(22)11-6-8-20-9-7-11/h4-5,10-11,15,20H,6-9H2,1-3H3,(H,21,22). The average Bonchev–Trinajstić information content (AvgIpc) is 2.45. The monoisotopic (exact) mass is 310 g/mol. The van der Waals surface area contributed by atoms with Crippen LogP contribution in [0.5, 0.6) is 0 Å². The molecule has 1 aliphatic heterocycles. The molecule has 122 valence electrons. The number of benzene rings is 1. The lowest BCUT2D eigenvalue weighted by molar-refractivity contribution is -0.127. The van der Waals surface area contributed by atoms with Crippen molar-refractivity contribution in [1.29, 1.82) is 0 Å². The molecule has 1 aliphatic rings. The topological polar surface area (TPSA) is 41.1 Å². The summed E-state index contributed by atoms with van der Waals surface area (Å²) in [5.74, 6) is -1.33. The molecule has 0 radical (unpaired) electrons. The van der Waals surface area contributed by atoms with Crippen molar-refractivity contribution in [3.8, 4) is 0 Å². The van der Waals surface area contributed by atoms with Gasteiger partial charge in [-0.25, -0.2) is 8.78 Å². The van der Waals surface area contributed by atoms with Crippen molar-refractivity contribution in [3.05, 3.63) is 35.4 Å². The first-order valence-electron chi connectivity index (χ1n) is 7.75. The molecule has 1 aromatic carbocycles. The van der Waals surface area contributed by atoms with Gasteiger partial charge >= 0.3 is 0 Å². The number of hydrogen-bond donors (Lipinski definition) is 2. The molecule has 1 amide bonds. The molecule has 0 saturated carbocycles. The summed E-state index contributed by atoms with van der Waals surface area (Å²) in [7, 11) is 0. The highest BCUT2D eigenvalue weighted by molar-refractivity contribution is 5.79. The summed E-state index contributed by atoms with van der Waals surface area (Å²) in [6, 6.07) is 3.03. The molecule has 22 heavy (non-hydrogen) atoms. The molecule has 1 unspecified atom stereocenters. The molecule has 1 aromatic rings. The van der Waals surface area contributed by atoms with E-state index in [4.69, 9.17) is 0 Å². The van der Waals surface area contributed by atoms with E-state index in [0.717, 1.165) is 32.0 Å². The number of hydrogen-bond acceptors (Lipinski definition) is 2. The summed E-state index contributed by atoms with van der Waals surface area (Å²) in [4.78, 5) is 12.5. The first-order valence-corrected chi connectivity index (χ1v) is 7.75. The van der Waals surface area contributed by atoms with Crippen LogP contribution >= 0.6 is 0 Å². The summed E-state index contributed by atoms with van der Waals surface area (Å²) in [5.41, 5.74) is -0.0440. The van der Waals surface area contributed by atoms with Gasteiger partial charge in [0.05, 0.1) is 6.04 Å². The zero-order chi connectivity index (χ0) is 16.3. The number of carbonyl (C=O) groups excluding carboxylic acids is 1. The molecule has 3 nitrogen and oxygen atoms in total. The maximum absolute atomic E-state index is 14.1. The molecular formula is C17H24F2N2O. The number of halogens is 2. The maximum Gasteiger partial charge on any atom is 0.223 e. The third kappa shape index (κ3) is 4.03. The summed E-state index contributed by atoms with van der Waals surface area (Å²) >= 11 is 0. The number of nitrogens with one attached hydrogen (secondary N) is 2. The second-order valence-corrected chi connectivity index (χ2v) is 7.00. The second kappa shape index (κ2) is 6.73. The Bertz CT molecular complexity index is 534. The Balaban J connectivity index is 2.21. The molecule has 0 spiro atoms. The van der Waals surface area contributed by atoms with Crippen molar-refractivity contribution in [3.63, 3.8) is 0 Å². The van der Waals surface area contributed by atoms with Crippen molar-refractivity contribution in [1.82, 2.24) is 10.6 Å². The van der Waals surface area contributed by atoms with Crippen molar-refractivity contribution >= 4 is 5.91 Å². The minimum absolute atomic E-state index is 0.0467. The SMILES string of the molecule is CC(C)(C)C(NC(=O)C1CCNCC1)c1ccc(F)cc1F. The van der Waals surface area contributed by atoms with Gasteiger partial charge in [-0.15, -0.1) is 0 Å². The molecule has 1 atom stereocenters. The lowest BCUT2D eigenvalue weighted by atomic mass is 9.81. The van der Waals surface area contributed by atoms with E-state index in [1.54, 1.807) is 0 Å². The largest absolute Gasteiger partial charge is 0.348 e. The van der Waals surface area contributed by atoms with Crippen molar-refractivity contribution in [2.75, 3.05) is 13.1 Å². The van der Waals surface area contributed by atoms with Crippen LogP contribution in [0.15, 0.2) is 18.2 Å².